The first-order valence-electron chi connectivity index (χ1n) is 5.43. The number of carboxylic acids is 1. The Labute approximate surface area is 91.6 Å². The van der Waals surface area contributed by atoms with Crippen LogP contribution in [0.1, 0.15) is 58.8 Å². The molecule has 0 saturated heterocycles. The van der Waals surface area contributed by atoms with E-state index in [0.717, 1.165) is 12.8 Å². The molecule has 14 heavy (non-hydrogen) atoms. The number of halogens is 1. The fraction of sp³-hybridized carbons (Fsp3) is 0.909. The predicted octanol–water partition coefficient (Wildman–Crippen LogP) is 3.82. The highest BCUT2D eigenvalue weighted by atomic mass is 35.5. The quantitative estimate of drug-likeness (QED) is 0.499. The average Bonchev–Trinajstić information content (AvgIpc) is 2.10. The molecule has 0 aromatic carbocycles. The van der Waals surface area contributed by atoms with Gasteiger partial charge < -0.3 is 5.11 Å². The fourth-order valence-corrected chi connectivity index (χ4v) is 1.48. The second-order valence-electron chi connectivity index (χ2n) is 4.02. The lowest BCUT2D eigenvalue weighted by Gasteiger charge is -2.15. The number of hydrogen-bond acceptors (Lipinski definition) is 1. The second-order valence-corrected chi connectivity index (χ2v) is 4.85. The van der Waals surface area contributed by atoms with Crippen LogP contribution in [0.2, 0.25) is 0 Å². The van der Waals surface area contributed by atoms with Crippen LogP contribution in [0.3, 0.4) is 0 Å². The maximum atomic E-state index is 10.7. The zero-order valence-electron chi connectivity index (χ0n) is 9.18. The third-order valence-electron chi connectivity index (χ3n) is 2.45. The summed E-state index contributed by atoms with van der Waals surface area (Å²) < 4.78 is 0. The van der Waals surface area contributed by atoms with Gasteiger partial charge in [0, 0.05) is 0 Å². The lowest BCUT2D eigenvalue weighted by Crippen LogP contribution is -2.28. The van der Waals surface area contributed by atoms with Crippen LogP contribution in [0, 0.1) is 0 Å². The molecular weight excluding hydrogens is 200 g/mol. The van der Waals surface area contributed by atoms with Gasteiger partial charge in [-0.25, -0.2) is 0 Å². The van der Waals surface area contributed by atoms with Gasteiger partial charge >= 0.3 is 5.97 Å². The smallest absolute Gasteiger partial charge is 0.324 e. The minimum absolute atomic E-state index is 0.565. The fourth-order valence-electron chi connectivity index (χ4n) is 1.34. The first kappa shape index (κ1) is 13.8. The van der Waals surface area contributed by atoms with Crippen LogP contribution in [-0.4, -0.2) is 16.0 Å². The standard InChI is InChI=1S/C11H21ClO2/c1-3-4-5-6-7-8-9-11(2,12)10(13)14/h3-9H2,1-2H3,(H,13,14). The van der Waals surface area contributed by atoms with Crippen LogP contribution in [0.5, 0.6) is 0 Å². The van der Waals surface area contributed by atoms with E-state index in [1.54, 1.807) is 6.92 Å². The summed E-state index contributed by atoms with van der Waals surface area (Å²) in [5, 5.41) is 8.75. The molecule has 1 N–H and O–H groups in total. The van der Waals surface area contributed by atoms with Crippen molar-refractivity contribution in [2.45, 2.75) is 63.7 Å². The Kier molecular flexibility index (Phi) is 6.98. The summed E-state index contributed by atoms with van der Waals surface area (Å²) in [4.78, 5) is 9.59. The lowest BCUT2D eigenvalue weighted by atomic mass is 10.0. The second kappa shape index (κ2) is 7.10. The third kappa shape index (κ3) is 6.25. The first-order chi connectivity index (χ1) is 6.50. The van der Waals surface area contributed by atoms with E-state index in [4.69, 9.17) is 16.7 Å². The molecule has 0 heterocycles. The number of rotatable bonds is 8. The highest BCUT2D eigenvalue weighted by molar-refractivity contribution is 6.33. The Bertz CT molecular complexity index is 167. The van der Waals surface area contributed by atoms with Crippen LogP contribution < -0.4 is 0 Å². The molecule has 1 unspecified atom stereocenters. The Morgan fingerprint density at radius 3 is 2.21 bits per heavy atom. The Hall–Kier alpha value is -0.240. The van der Waals surface area contributed by atoms with Crippen LogP contribution in [0.25, 0.3) is 0 Å². The Balaban J connectivity index is 3.40. The molecule has 0 bridgehead atoms. The summed E-state index contributed by atoms with van der Waals surface area (Å²) in [6, 6.07) is 0. The van der Waals surface area contributed by atoms with Gasteiger partial charge in [0.05, 0.1) is 0 Å². The van der Waals surface area contributed by atoms with Gasteiger partial charge in [-0.2, -0.15) is 0 Å². The van der Waals surface area contributed by atoms with E-state index in [1.165, 1.54) is 25.7 Å². The zero-order chi connectivity index (χ0) is 11.0. The van der Waals surface area contributed by atoms with Gasteiger partial charge in [-0.15, -0.1) is 11.6 Å². The summed E-state index contributed by atoms with van der Waals surface area (Å²) in [7, 11) is 0. The summed E-state index contributed by atoms with van der Waals surface area (Å²) in [6.07, 6.45) is 7.53. The van der Waals surface area contributed by atoms with Crippen LogP contribution in [0.4, 0.5) is 0 Å². The van der Waals surface area contributed by atoms with Crippen molar-refractivity contribution in [1.29, 1.82) is 0 Å². The Morgan fingerprint density at radius 1 is 1.21 bits per heavy atom. The van der Waals surface area contributed by atoms with Gasteiger partial charge in [0.15, 0.2) is 0 Å². The molecular formula is C11H21ClO2. The SMILES string of the molecule is CCCCCCCCC(C)(Cl)C(=O)O. The minimum atomic E-state index is -1.06. The molecule has 0 aliphatic rings. The molecule has 2 nitrogen and oxygen atoms in total. The van der Waals surface area contributed by atoms with Crippen LogP contribution >= 0.6 is 11.6 Å². The van der Waals surface area contributed by atoms with Gasteiger partial charge in [-0.1, -0.05) is 45.4 Å². The van der Waals surface area contributed by atoms with Gasteiger partial charge in [-0.05, 0) is 13.3 Å². The van der Waals surface area contributed by atoms with Gasteiger partial charge in [0.2, 0.25) is 0 Å². The molecule has 84 valence electrons. The first-order valence-corrected chi connectivity index (χ1v) is 5.81. The largest absolute Gasteiger partial charge is 0.480 e. The number of alkyl halides is 1. The van der Waals surface area contributed by atoms with Crippen molar-refractivity contribution >= 4 is 17.6 Å². The van der Waals surface area contributed by atoms with Crippen molar-refractivity contribution in [3.63, 3.8) is 0 Å². The van der Waals surface area contributed by atoms with E-state index >= 15 is 0 Å². The van der Waals surface area contributed by atoms with Gasteiger partial charge in [0.1, 0.15) is 4.87 Å². The minimum Gasteiger partial charge on any atom is -0.480 e. The molecule has 0 radical (unpaired) electrons. The van der Waals surface area contributed by atoms with Gasteiger partial charge in [-0.3, -0.25) is 4.79 Å². The van der Waals surface area contributed by atoms with Gasteiger partial charge in [0.25, 0.3) is 0 Å². The summed E-state index contributed by atoms with van der Waals surface area (Å²) in [5.41, 5.74) is 0. The van der Waals surface area contributed by atoms with E-state index in [9.17, 15) is 4.79 Å². The third-order valence-corrected chi connectivity index (χ3v) is 2.80. The highest BCUT2D eigenvalue weighted by Gasteiger charge is 2.29. The molecule has 0 rings (SSSR count). The average molecular weight is 221 g/mol. The van der Waals surface area contributed by atoms with Crippen molar-refractivity contribution in [2.75, 3.05) is 0 Å². The molecule has 0 fully saturated rings. The number of aliphatic carboxylic acids is 1. The number of hydrogen-bond donors (Lipinski definition) is 1. The lowest BCUT2D eigenvalue weighted by molar-refractivity contribution is -0.139. The van der Waals surface area contributed by atoms with Crippen LogP contribution in [-0.2, 0) is 4.79 Å². The van der Waals surface area contributed by atoms with E-state index in [0.29, 0.717) is 6.42 Å². The summed E-state index contributed by atoms with van der Waals surface area (Å²) in [6.45, 7) is 3.75. The van der Waals surface area contributed by atoms with E-state index < -0.39 is 10.8 Å². The molecule has 1 atom stereocenters. The molecule has 0 aromatic rings. The van der Waals surface area contributed by atoms with E-state index in [-0.39, 0.29) is 0 Å². The molecule has 0 spiro atoms. The number of carbonyl (C=O) groups is 1. The van der Waals surface area contributed by atoms with Crippen molar-refractivity contribution in [3.8, 4) is 0 Å². The molecule has 0 saturated carbocycles. The van der Waals surface area contributed by atoms with Crippen molar-refractivity contribution < 1.29 is 9.90 Å². The molecule has 0 aliphatic heterocycles. The molecule has 0 amide bonds. The predicted molar refractivity (Wildman–Crippen MR) is 59.9 cm³/mol. The van der Waals surface area contributed by atoms with Crippen LogP contribution in [0.15, 0.2) is 0 Å². The topological polar surface area (TPSA) is 37.3 Å². The maximum absolute atomic E-state index is 10.7. The Morgan fingerprint density at radius 2 is 1.71 bits per heavy atom. The van der Waals surface area contributed by atoms with Crippen molar-refractivity contribution in [2.24, 2.45) is 0 Å². The summed E-state index contributed by atoms with van der Waals surface area (Å²) >= 11 is 5.81. The molecule has 0 aromatic heterocycles. The summed E-state index contributed by atoms with van der Waals surface area (Å²) in [5.74, 6) is -0.910. The van der Waals surface area contributed by atoms with E-state index in [2.05, 4.69) is 6.92 Å². The van der Waals surface area contributed by atoms with Crippen molar-refractivity contribution in [1.82, 2.24) is 0 Å². The van der Waals surface area contributed by atoms with E-state index in [1.807, 2.05) is 0 Å². The maximum Gasteiger partial charge on any atom is 0.324 e. The monoisotopic (exact) mass is 220 g/mol. The van der Waals surface area contributed by atoms with Crippen molar-refractivity contribution in [3.05, 3.63) is 0 Å². The highest BCUT2D eigenvalue weighted by Crippen LogP contribution is 2.23. The molecule has 3 heteroatoms. The number of carboxylic acid groups (broad SMARTS) is 1. The molecule has 0 aliphatic carbocycles. The zero-order valence-corrected chi connectivity index (χ0v) is 9.94. The number of unbranched alkanes of at least 4 members (excludes halogenated alkanes) is 5. The normalized spacial score (nSPS) is 15.1.